The van der Waals surface area contributed by atoms with Gasteiger partial charge in [-0.1, -0.05) is 58.8 Å². The van der Waals surface area contributed by atoms with E-state index in [1.165, 1.54) is 11.3 Å². The lowest BCUT2D eigenvalue weighted by Gasteiger charge is -2.20. The molecule has 30 heavy (non-hydrogen) atoms. The van der Waals surface area contributed by atoms with E-state index < -0.39 is 0 Å². The molecule has 2 aromatic carbocycles. The van der Waals surface area contributed by atoms with E-state index in [1.807, 2.05) is 36.4 Å². The number of nitrogens with zero attached hydrogens (tertiary/aromatic N) is 3. The van der Waals surface area contributed by atoms with Crippen LogP contribution in [0.2, 0.25) is 10.0 Å². The number of amides is 1. The van der Waals surface area contributed by atoms with Crippen LogP contribution >= 0.6 is 34.5 Å². The van der Waals surface area contributed by atoms with Gasteiger partial charge in [-0.25, -0.2) is 4.98 Å². The Morgan fingerprint density at radius 1 is 1.07 bits per heavy atom. The molecule has 0 aliphatic carbocycles. The van der Waals surface area contributed by atoms with Crippen LogP contribution in [0.4, 0.5) is 5.13 Å². The Kier molecular flexibility index (Phi) is 6.18. The summed E-state index contributed by atoms with van der Waals surface area (Å²) in [5, 5.41) is 1.64. The average Bonchev–Trinajstić information content (AvgIpc) is 3.21. The fourth-order valence-corrected chi connectivity index (χ4v) is 4.51. The van der Waals surface area contributed by atoms with Crippen molar-refractivity contribution in [2.24, 2.45) is 0 Å². The fourth-order valence-electron chi connectivity index (χ4n) is 3.04. The molecule has 4 rings (SSSR count). The van der Waals surface area contributed by atoms with Crippen molar-refractivity contribution in [3.8, 4) is 5.75 Å². The molecule has 0 atom stereocenters. The molecule has 2 aromatic heterocycles. The van der Waals surface area contributed by atoms with E-state index in [1.54, 1.807) is 36.4 Å². The fraction of sp³-hybridized carbons (Fsp3) is 0.136. The minimum atomic E-state index is -0.136. The molecule has 0 bridgehead atoms. The molecule has 1 amide bonds. The zero-order valence-corrected chi connectivity index (χ0v) is 18.3. The molecule has 152 valence electrons. The van der Waals surface area contributed by atoms with Gasteiger partial charge in [-0.2, -0.15) is 0 Å². The summed E-state index contributed by atoms with van der Waals surface area (Å²) in [5.41, 5.74) is 2.14. The second kappa shape index (κ2) is 9.00. The number of anilines is 1. The van der Waals surface area contributed by atoms with E-state index in [2.05, 4.69) is 9.97 Å². The van der Waals surface area contributed by atoms with Crippen LogP contribution < -0.4 is 9.64 Å². The van der Waals surface area contributed by atoms with E-state index >= 15 is 0 Å². The van der Waals surface area contributed by atoms with Gasteiger partial charge in [0, 0.05) is 11.2 Å². The van der Waals surface area contributed by atoms with Gasteiger partial charge in [-0.3, -0.25) is 14.7 Å². The smallest absolute Gasteiger partial charge is 0.233 e. The first-order valence-corrected chi connectivity index (χ1v) is 10.7. The molecule has 0 saturated heterocycles. The summed E-state index contributed by atoms with van der Waals surface area (Å²) in [6.07, 6.45) is 1.84. The van der Waals surface area contributed by atoms with E-state index in [9.17, 15) is 4.79 Å². The SMILES string of the molecule is COc1ccc(Cl)c2sc(N(Cc3ccccn3)C(=O)Cc3ccccc3Cl)nc12. The summed E-state index contributed by atoms with van der Waals surface area (Å²) >= 11 is 14.0. The largest absolute Gasteiger partial charge is 0.494 e. The summed E-state index contributed by atoms with van der Waals surface area (Å²) in [7, 11) is 1.58. The molecule has 0 radical (unpaired) electrons. The van der Waals surface area contributed by atoms with Crippen molar-refractivity contribution in [1.29, 1.82) is 0 Å². The molecule has 0 fully saturated rings. The number of ether oxygens (including phenoxy) is 1. The molecule has 0 aliphatic rings. The number of pyridine rings is 1. The topological polar surface area (TPSA) is 55.3 Å². The maximum absolute atomic E-state index is 13.3. The van der Waals surface area contributed by atoms with Crippen molar-refractivity contribution in [2.45, 2.75) is 13.0 Å². The second-order valence-corrected chi connectivity index (χ2v) is 8.28. The maximum Gasteiger partial charge on any atom is 0.233 e. The Balaban J connectivity index is 1.75. The molecule has 8 heteroatoms. The van der Waals surface area contributed by atoms with E-state index in [0.717, 1.165) is 16.0 Å². The van der Waals surface area contributed by atoms with Gasteiger partial charge in [0.2, 0.25) is 5.91 Å². The third-order valence-corrected chi connectivity index (χ3v) is 6.45. The molecular weight excluding hydrogens is 441 g/mol. The van der Waals surface area contributed by atoms with Crippen LogP contribution in [0.3, 0.4) is 0 Å². The van der Waals surface area contributed by atoms with Gasteiger partial charge in [-0.05, 0) is 35.9 Å². The number of hydrogen-bond acceptors (Lipinski definition) is 5. The first-order valence-electron chi connectivity index (χ1n) is 9.13. The quantitative estimate of drug-likeness (QED) is 0.368. The summed E-state index contributed by atoms with van der Waals surface area (Å²) in [6, 6.07) is 16.4. The minimum Gasteiger partial charge on any atom is -0.494 e. The van der Waals surface area contributed by atoms with E-state index in [0.29, 0.717) is 26.4 Å². The number of carbonyl (C=O) groups excluding carboxylic acids is 1. The van der Waals surface area contributed by atoms with Crippen molar-refractivity contribution in [2.75, 3.05) is 12.0 Å². The van der Waals surface area contributed by atoms with Crippen LogP contribution in [0.25, 0.3) is 10.2 Å². The van der Waals surface area contributed by atoms with Gasteiger partial charge in [0.25, 0.3) is 0 Å². The minimum absolute atomic E-state index is 0.136. The highest BCUT2D eigenvalue weighted by Crippen LogP contribution is 2.39. The van der Waals surface area contributed by atoms with Crippen molar-refractivity contribution in [1.82, 2.24) is 9.97 Å². The van der Waals surface area contributed by atoms with E-state index in [4.69, 9.17) is 27.9 Å². The lowest BCUT2D eigenvalue weighted by atomic mass is 10.1. The van der Waals surface area contributed by atoms with Gasteiger partial charge >= 0.3 is 0 Å². The highest BCUT2D eigenvalue weighted by atomic mass is 35.5. The number of methoxy groups -OCH3 is 1. The third kappa shape index (κ3) is 4.26. The van der Waals surface area contributed by atoms with Crippen LogP contribution in [-0.2, 0) is 17.8 Å². The molecule has 0 aliphatic heterocycles. The van der Waals surface area contributed by atoms with Crippen molar-refractivity contribution in [3.63, 3.8) is 0 Å². The summed E-state index contributed by atoms with van der Waals surface area (Å²) in [5.74, 6) is 0.469. The number of carbonyl (C=O) groups is 1. The lowest BCUT2D eigenvalue weighted by molar-refractivity contribution is -0.118. The molecule has 5 nitrogen and oxygen atoms in total. The predicted molar refractivity (Wildman–Crippen MR) is 122 cm³/mol. The molecule has 0 unspecified atom stereocenters. The lowest BCUT2D eigenvalue weighted by Crippen LogP contribution is -2.32. The highest BCUT2D eigenvalue weighted by Gasteiger charge is 2.23. The van der Waals surface area contributed by atoms with Crippen LogP contribution in [0, 0.1) is 0 Å². The second-order valence-electron chi connectivity index (χ2n) is 6.49. The first kappa shape index (κ1) is 20.6. The normalized spacial score (nSPS) is 10.9. The zero-order valence-electron chi connectivity index (χ0n) is 16.0. The van der Waals surface area contributed by atoms with Crippen molar-refractivity contribution >= 4 is 55.8 Å². The number of benzene rings is 2. The van der Waals surface area contributed by atoms with Gasteiger partial charge < -0.3 is 4.74 Å². The van der Waals surface area contributed by atoms with Crippen LogP contribution in [0.5, 0.6) is 5.75 Å². The van der Waals surface area contributed by atoms with Crippen LogP contribution in [-0.4, -0.2) is 23.0 Å². The zero-order chi connectivity index (χ0) is 21.1. The third-order valence-electron chi connectivity index (χ3n) is 4.54. The number of fused-ring (bicyclic) bond motifs is 1. The van der Waals surface area contributed by atoms with Gasteiger partial charge in [0.05, 0.1) is 35.5 Å². The molecular formula is C22H17Cl2N3O2S. The van der Waals surface area contributed by atoms with Crippen LogP contribution in [0.15, 0.2) is 60.8 Å². The summed E-state index contributed by atoms with van der Waals surface area (Å²) in [6.45, 7) is 0.282. The summed E-state index contributed by atoms with van der Waals surface area (Å²) in [4.78, 5) is 24.0. The van der Waals surface area contributed by atoms with E-state index in [-0.39, 0.29) is 18.9 Å². The van der Waals surface area contributed by atoms with Gasteiger partial charge in [-0.15, -0.1) is 0 Å². The van der Waals surface area contributed by atoms with Gasteiger partial charge in [0.15, 0.2) is 5.13 Å². The van der Waals surface area contributed by atoms with Gasteiger partial charge in [0.1, 0.15) is 11.3 Å². The predicted octanol–water partition coefficient (Wildman–Crippen LogP) is 5.78. The van der Waals surface area contributed by atoms with Crippen molar-refractivity contribution < 1.29 is 9.53 Å². The monoisotopic (exact) mass is 457 g/mol. The average molecular weight is 458 g/mol. The summed E-state index contributed by atoms with van der Waals surface area (Å²) < 4.78 is 6.18. The number of halogens is 2. The Labute approximate surface area is 187 Å². The molecule has 0 saturated carbocycles. The number of hydrogen-bond donors (Lipinski definition) is 0. The molecule has 0 spiro atoms. The maximum atomic E-state index is 13.3. The van der Waals surface area contributed by atoms with Crippen molar-refractivity contribution in [3.05, 3.63) is 82.1 Å². The highest BCUT2D eigenvalue weighted by molar-refractivity contribution is 7.23. The Hall–Kier alpha value is -2.67. The number of aromatic nitrogens is 2. The molecule has 4 aromatic rings. The Morgan fingerprint density at radius 3 is 2.60 bits per heavy atom. The first-order chi connectivity index (χ1) is 14.6. The van der Waals surface area contributed by atoms with Crippen LogP contribution in [0.1, 0.15) is 11.3 Å². The molecule has 0 N–H and O–H groups in total. The molecule has 2 heterocycles. The number of thiazole rings is 1. The number of rotatable bonds is 6. The standard InChI is InChI=1S/C22H17Cl2N3O2S/c1-29-18-10-9-17(24)21-20(18)26-22(30-21)27(13-15-7-4-5-11-25-15)19(28)12-14-6-2-3-8-16(14)23/h2-11H,12-13H2,1H3. The Bertz CT molecular complexity index is 1200. The Morgan fingerprint density at radius 2 is 1.87 bits per heavy atom.